The van der Waals surface area contributed by atoms with Crippen LogP contribution < -0.4 is 29.6 Å². The van der Waals surface area contributed by atoms with Crippen molar-refractivity contribution in [3.63, 3.8) is 0 Å². The van der Waals surface area contributed by atoms with Gasteiger partial charge in [-0.25, -0.2) is 8.42 Å². The Morgan fingerprint density at radius 2 is 0.818 bits per heavy atom. The van der Waals surface area contributed by atoms with Crippen LogP contribution in [0, 0.1) is 0 Å². The number of halogens is 17. The van der Waals surface area contributed by atoms with E-state index in [0.29, 0.717) is 0 Å². The van der Waals surface area contributed by atoms with Crippen LogP contribution in [0.4, 0.5) is 74.6 Å². The standard InChI is InChI=1S/C11H7F17O3S.Na/c12-4(13,2-1-3-5(14,15)16)6(17,18)7(19,20)8(21,22)9(23,24)10(25,26)11(27,28)32(29,30)31;/h1-3H2,(H,29,30,31);/q;+1/p-1. The zero-order chi connectivity index (χ0) is 26.6. The summed E-state index contributed by atoms with van der Waals surface area (Å²) in [6, 6.07) is 0. The Balaban J connectivity index is 0. The van der Waals surface area contributed by atoms with E-state index in [0.717, 1.165) is 0 Å². The fourth-order valence-corrected chi connectivity index (χ4v) is 2.27. The number of rotatable bonds is 10. The molecule has 3 nitrogen and oxygen atoms in total. The van der Waals surface area contributed by atoms with Gasteiger partial charge >= 0.3 is 76.5 Å². The van der Waals surface area contributed by atoms with Gasteiger partial charge in [-0.1, -0.05) is 0 Å². The molecule has 0 unspecified atom stereocenters. The third-order valence-corrected chi connectivity index (χ3v) is 4.55. The monoisotopic (exact) mass is 564 g/mol. The average molecular weight is 564 g/mol. The van der Waals surface area contributed by atoms with E-state index in [1.165, 1.54) is 0 Å². The quantitative estimate of drug-likeness (QED) is 0.233. The van der Waals surface area contributed by atoms with Crippen molar-refractivity contribution in [3.05, 3.63) is 0 Å². The first-order valence-corrected chi connectivity index (χ1v) is 8.53. The van der Waals surface area contributed by atoms with Gasteiger partial charge in [0.1, 0.15) is 0 Å². The van der Waals surface area contributed by atoms with Crippen molar-refractivity contribution in [3.8, 4) is 0 Å². The summed E-state index contributed by atoms with van der Waals surface area (Å²) in [5.41, 5.74) is 0. The Hall–Kier alpha value is -0.280. The molecule has 0 saturated heterocycles. The molecule has 0 aromatic heterocycles. The van der Waals surface area contributed by atoms with E-state index in [1.807, 2.05) is 0 Å². The maximum Gasteiger partial charge on any atom is 1.00 e. The summed E-state index contributed by atoms with van der Waals surface area (Å²) in [5, 5.41) is -7.85. The van der Waals surface area contributed by atoms with Gasteiger partial charge in [-0.15, -0.1) is 0 Å². The normalized spacial score (nSPS) is 15.9. The molecule has 0 aromatic carbocycles. The molecule has 0 fully saturated rings. The van der Waals surface area contributed by atoms with Crippen LogP contribution in [0.15, 0.2) is 0 Å². The second-order valence-electron chi connectivity index (χ2n) is 6.02. The van der Waals surface area contributed by atoms with Crippen LogP contribution in [-0.4, -0.2) is 59.9 Å². The van der Waals surface area contributed by atoms with Gasteiger partial charge in [0, 0.05) is 12.8 Å². The van der Waals surface area contributed by atoms with Crippen molar-refractivity contribution in [1.29, 1.82) is 0 Å². The molecule has 0 rings (SSSR count). The van der Waals surface area contributed by atoms with Gasteiger partial charge in [0.15, 0.2) is 10.1 Å². The first kappa shape index (κ1) is 34.9. The third-order valence-electron chi connectivity index (χ3n) is 3.67. The first-order chi connectivity index (χ1) is 13.5. The van der Waals surface area contributed by atoms with Gasteiger partial charge in [-0.2, -0.15) is 74.6 Å². The molecule has 0 radical (unpaired) electrons. The molecule has 0 bridgehead atoms. The topological polar surface area (TPSA) is 57.2 Å². The van der Waals surface area contributed by atoms with Gasteiger partial charge < -0.3 is 4.55 Å². The zero-order valence-electron chi connectivity index (χ0n) is 15.2. The maximum absolute atomic E-state index is 13.4. The molecule has 0 atom stereocenters. The van der Waals surface area contributed by atoms with E-state index < -0.39 is 76.3 Å². The Morgan fingerprint density at radius 1 is 0.515 bits per heavy atom. The van der Waals surface area contributed by atoms with Crippen LogP contribution in [-0.2, 0) is 10.1 Å². The number of hydrogen-bond acceptors (Lipinski definition) is 3. The van der Waals surface area contributed by atoms with E-state index >= 15 is 0 Å². The van der Waals surface area contributed by atoms with Crippen LogP contribution in [0.5, 0.6) is 0 Å². The second-order valence-corrected chi connectivity index (χ2v) is 7.44. The fourth-order valence-electron chi connectivity index (χ4n) is 1.83. The molecule has 0 amide bonds. The van der Waals surface area contributed by atoms with Crippen LogP contribution in [0.3, 0.4) is 0 Å². The maximum atomic E-state index is 13.4. The summed E-state index contributed by atoms with van der Waals surface area (Å²) in [6.45, 7) is 0. The molecule has 0 N–H and O–H groups in total. The summed E-state index contributed by atoms with van der Waals surface area (Å²) in [4.78, 5) is 0. The molecule has 0 saturated carbocycles. The predicted molar refractivity (Wildman–Crippen MR) is 64.2 cm³/mol. The molecule has 0 aliphatic heterocycles. The molecule has 194 valence electrons. The van der Waals surface area contributed by atoms with E-state index in [2.05, 4.69) is 0 Å². The summed E-state index contributed by atoms with van der Waals surface area (Å²) in [5.74, 6) is -48.7. The van der Waals surface area contributed by atoms with Crippen molar-refractivity contribution in [2.75, 3.05) is 0 Å². The smallest absolute Gasteiger partial charge is 0.743 e. The summed E-state index contributed by atoms with van der Waals surface area (Å²) >= 11 is 0. The average Bonchev–Trinajstić information content (AvgIpc) is 2.50. The van der Waals surface area contributed by atoms with E-state index in [1.54, 1.807) is 0 Å². The Morgan fingerprint density at radius 3 is 1.12 bits per heavy atom. The molecular weight excluding hydrogens is 558 g/mol. The zero-order valence-corrected chi connectivity index (χ0v) is 18.0. The SMILES string of the molecule is O=S(=O)([O-])C(F)(F)C(F)(F)C(F)(F)C(F)(F)C(F)(F)C(F)(F)C(F)(F)CCCC(F)(F)F.[Na+]. The Bertz CT molecular complexity index is 789. The molecule has 0 heterocycles. The molecule has 0 aliphatic carbocycles. The number of hydrogen-bond donors (Lipinski definition) is 0. The van der Waals surface area contributed by atoms with E-state index in [9.17, 15) is 87.6 Å². The molecule has 0 aromatic rings. The second kappa shape index (κ2) is 9.30. The minimum atomic E-state index is -8.63. The van der Waals surface area contributed by atoms with Crippen molar-refractivity contribution in [1.82, 2.24) is 0 Å². The minimum Gasteiger partial charge on any atom is -0.743 e. The molecule has 0 spiro atoms. The van der Waals surface area contributed by atoms with Crippen molar-refractivity contribution >= 4 is 10.1 Å². The van der Waals surface area contributed by atoms with Gasteiger partial charge in [-0.05, 0) is 6.42 Å². The van der Waals surface area contributed by atoms with Crippen molar-refractivity contribution in [2.24, 2.45) is 0 Å². The van der Waals surface area contributed by atoms with Crippen molar-refractivity contribution < 1.29 is 117 Å². The van der Waals surface area contributed by atoms with E-state index in [-0.39, 0.29) is 29.6 Å². The molecule has 22 heteroatoms. The van der Waals surface area contributed by atoms with Crippen LogP contribution in [0.1, 0.15) is 19.3 Å². The molecular formula is C11H6F17NaO3S. The molecule has 33 heavy (non-hydrogen) atoms. The fraction of sp³-hybridized carbons (Fsp3) is 1.00. The predicted octanol–water partition coefficient (Wildman–Crippen LogP) is 2.67. The Kier molecular flexibility index (Phi) is 9.84. The van der Waals surface area contributed by atoms with Crippen molar-refractivity contribution in [2.45, 2.75) is 66.2 Å². The summed E-state index contributed by atoms with van der Waals surface area (Å²) in [6.07, 6.45) is -13.1. The van der Waals surface area contributed by atoms with Gasteiger partial charge in [-0.3, -0.25) is 0 Å². The largest absolute Gasteiger partial charge is 1.00 e. The van der Waals surface area contributed by atoms with Gasteiger partial charge in [0.05, 0.1) is 0 Å². The Labute approximate surface area is 193 Å². The summed E-state index contributed by atoms with van der Waals surface area (Å²) < 4.78 is 250. The van der Waals surface area contributed by atoms with Gasteiger partial charge in [0.25, 0.3) is 0 Å². The third kappa shape index (κ3) is 5.60. The first-order valence-electron chi connectivity index (χ1n) is 7.12. The van der Waals surface area contributed by atoms with E-state index in [4.69, 9.17) is 0 Å². The summed E-state index contributed by atoms with van der Waals surface area (Å²) in [7, 11) is -8.07. The number of alkyl halides is 17. The van der Waals surface area contributed by atoms with Gasteiger partial charge in [0.2, 0.25) is 0 Å². The van der Waals surface area contributed by atoms with Crippen LogP contribution in [0.2, 0.25) is 0 Å². The minimum absolute atomic E-state index is 0. The van der Waals surface area contributed by atoms with Crippen LogP contribution >= 0.6 is 0 Å². The van der Waals surface area contributed by atoms with Crippen LogP contribution in [0.25, 0.3) is 0 Å². The molecule has 0 aliphatic rings.